The Labute approximate surface area is 481 Å². The molecule has 0 aliphatic rings. The van der Waals surface area contributed by atoms with Crippen molar-refractivity contribution in [3.8, 4) is 56.7 Å². The van der Waals surface area contributed by atoms with Crippen molar-refractivity contribution >= 4 is 50.7 Å². The minimum atomic E-state index is -0.314. The summed E-state index contributed by atoms with van der Waals surface area (Å²) in [5.41, 5.74) is 10.8. The minimum Gasteiger partial charge on any atom is -0.317 e. The second-order valence-electron chi connectivity index (χ2n) is 19.3. The van der Waals surface area contributed by atoms with Crippen LogP contribution < -0.4 is 16.0 Å². The van der Waals surface area contributed by atoms with E-state index in [1.165, 1.54) is 0 Å². The quantitative estimate of drug-likeness (QED) is 0.0739. The van der Waals surface area contributed by atoms with Crippen LogP contribution in [0.2, 0.25) is 0 Å². The van der Waals surface area contributed by atoms with E-state index in [1.807, 2.05) is 151 Å². The van der Waals surface area contributed by atoms with E-state index < -0.39 is 0 Å². The summed E-state index contributed by atoms with van der Waals surface area (Å²) in [5.74, 6) is -0.916. The van der Waals surface area contributed by atoms with Gasteiger partial charge in [0.05, 0.1) is 51.7 Å². The first-order valence-electron chi connectivity index (χ1n) is 26.1. The lowest BCUT2D eigenvalue weighted by Crippen LogP contribution is -2.14. The van der Waals surface area contributed by atoms with Crippen molar-refractivity contribution in [1.82, 2.24) is 74.4 Å². The van der Waals surface area contributed by atoms with Crippen LogP contribution in [0.5, 0.6) is 0 Å². The van der Waals surface area contributed by atoms with Gasteiger partial charge in [-0.05, 0) is 149 Å². The maximum atomic E-state index is 13.0. The molecule has 0 bridgehead atoms. The van der Waals surface area contributed by atoms with Crippen LogP contribution in [0.15, 0.2) is 182 Å². The average molecular weight is 1160 g/mol. The van der Waals surface area contributed by atoms with Crippen LogP contribution in [0.3, 0.4) is 0 Å². The summed E-state index contributed by atoms with van der Waals surface area (Å²) in [5, 5.41) is 29.2. The number of carbonyl (C=O) groups excluding carboxylic acids is 3. The Bertz CT molecular complexity index is 3940. The predicted molar refractivity (Wildman–Crippen MR) is 317 cm³/mol. The van der Waals surface area contributed by atoms with Crippen molar-refractivity contribution in [3.63, 3.8) is 0 Å². The molecule has 82 heavy (non-hydrogen) atoms. The summed E-state index contributed by atoms with van der Waals surface area (Å²) in [6, 6.07) is 35.1. The molecule has 4 N–H and O–H groups in total. The van der Waals surface area contributed by atoms with E-state index in [-0.39, 0.29) is 35.8 Å². The fourth-order valence-corrected chi connectivity index (χ4v) is 8.29. The van der Waals surface area contributed by atoms with Crippen LogP contribution in [-0.2, 0) is 0 Å². The van der Waals surface area contributed by atoms with Crippen molar-refractivity contribution in [1.29, 1.82) is 0 Å². The Hall–Kier alpha value is -10.2. The number of rotatable bonds is 14. The highest BCUT2D eigenvalue weighted by Gasteiger charge is 2.21. The first-order valence-corrected chi connectivity index (χ1v) is 26.9. The summed E-state index contributed by atoms with van der Waals surface area (Å²) >= 11 is 3.27. The van der Waals surface area contributed by atoms with Crippen LogP contribution >= 0.6 is 15.9 Å². The Morgan fingerprint density at radius 2 is 0.878 bits per heavy atom. The third kappa shape index (κ3) is 14.1. The number of anilines is 3. The van der Waals surface area contributed by atoms with Gasteiger partial charge in [0.25, 0.3) is 17.7 Å². The van der Waals surface area contributed by atoms with Crippen LogP contribution in [0.25, 0.3) is 56.7 Å². The topological polar surface area (TPSA) is 260 Å². The van der Waals surface area contributed by atoms with Crippen LogP contribution in [0, 0.1) is 6.92 Å². The number of hydrogen-bond donors (Lipinski definition) is 4. The Kier molecular flexibility index (Phi) is 18.0. The molecule has 0 aromatic carbocycles. The van der Waals surface area contributed by atoms with Gasteiger partial charge < -0.3 is 16.0 Å². The number of H-pyrrole nitrogens is 1. The molecule has 0 unspecified atom stereocenters. The zero-order valence-electron chi connectivity index (χ0n) is 45.8. The number of aromatic nitrogens is 15. The Morgan fingerprint density at radius 1 is 0.476 bits per heavy atom. The first-order chi connectivity index (χ1) is 39.7. The monoisotopic (exact) mass is 1160 g/mol. The van der Waals surface area contributed by atoms with E-state index in [1.54, 1.807) is 89.1 Å². The van der Waals surface area contributed by atoms with Crippen molar-refractivity contribution in [2.24, 2.45) is 0 Å². The second kappa shape index (κ2) is 26.2. The number of hydrogen-bond acceptors (Lipinski definition) is 14. The van der Waals surface area contributed by atoms with E-state index in [0.29, 0.717) is 84.3 Å². The molecule has 412 valence electrons. The lowest BCUT2D eigenvalue weighted by molar-refractivity contribution is 0.101. The summed E-state index contributed by atoms with van der Waals surface area (Å²) in [6.45, 7) is 14.1. The fourth-order valence-electron chi connectivity index (χ4n) is 7.94. The van der Waals surface area contributed by atoms with E-state index in [4.69, 9.17) is 0 Å². The average Bonchev–Trinajstić information content (AvgIpc) is 4.54. The highest BCUT2D eigenvalue weighted by molar-refractivity contribution is 9.10. The first kappa shape index (κ1) is 56.5. The van der Waals surface area contributed by atoms with Crippen molar-refractivity contribution in [3.05, 3.63) is 204 Å². The molecule has 0 fully saturated rings. The fraction of sp³-hybridized carbons (Fsp3) is 0.167. The van der Waals surface area contributed by atoms with E-state index in [9.17, 15) is 14.4 Å². The van der Waals surface area contributed by atoms with Crippen LogP contribution in [0.1, 0.15) is 96.7 Å². The maximum Gasteiger partial charge on any atom is 0.274 e. The lowest BCUT2D eigenvalue weighted by atomic mass is 10.1. The van der Waals surface area contributed by atoms with E-state index in [0.717, 1.165) is 16.7 Å². The van der Waals surface area contributed by atoms with Crippen LogP contribution in [-0.4, -0.2) is 92.1 Å². The zero-order chi connectivity index (χ0) is 57.7. The maximum absolute atomic E-state index is 13.0. The van der Waals surface area contributed by atoms with Gasteiger partial charge in [-0.3, -0.25) is 53.5 Å². The molecule has 22 heteroatoms. The molecular weight excluding hydrogens is 1100 g/mol. The predicted octanol–water partition coefficient (Wildman–Crippen LogP) is 12.0. The lowest BCUT2D eigenvalue weighted by Gasteiger charge is -2.07. The number of aryl methyl sites for hydroxylation is 1. The van der Waals surface area contributed by atoms with Gasteiger partial charge in [0.15, 0.2) is 0 Å². The van der Waals surface area contributed by atoms with Gasteiger partial charge in [0.2, 0.25) is 0 Å². The molecular formula is C60H57BrN18O3. The number of nitrogens with one attached hydrogen (secondary N) is 4. The van der Waals surface area contributed by atoms with Gasteiger partial charge >= 0.3 is 0 Å². The summed E-state index contributed by atoms with van der Waals surface area (Å²) in [4.78, 5) is 68.7. The van der Waals surface area contributed by atoms with E-state index >= 15 is 0 Å². The van der Waals surface area contributed by atoms with Gasteiger partial charge in [0.1, 0.15) is 38.8 Å². The molecule has 11 aromatic rings. The second-order valence-corrected chi connectivity index (χ2v) is 20.1. The number of amides is 3. The zero-order valence-corrected chi connectivity index (χ0v) is 47.4. The number of aromatic amines is 1. The number of carbonyl (C=O) groups is 3. The number of halogens is 1. The highest BCUT2D eigenvalue weighted by Crippen LogP contribution is 2.30. The molecule has 0 radical (unpaired) electrons. The molecule has 11 heterocycles. The summed E-state index contributed by atoms with van der Waals surface area (Å²) < 4.78 is 6.02. The van der Waals surface area contributed by atoms with Gasteiger partial charge in [-0.15, -0.1) is 0 Å². The molecule has 0 atom stereocenters. The molecule has 0 spiro atoms. The Morgan fingerprint density at radius 3 is 1.24 bits per heavy atom. The molecule has 11 rings (SSSR count). The van der Waals surface area contributed by atoms with Gasteiger partial charge in [-0.25, -0.2) is 15.0 Å². The minimum absolute atomic E-state index is 0.147. The largest absolute Gasteiger partial charge is 0.317 e. The molecule has 21 nitrogen and oxygen atoms in total. The number of nitrogens with zero attached hydrogens (tertiary/aromatic N) is 14. The van der Waals surface area contributed by atoms with Crippen LogP contribution in [0.4, 0.5) is 17.1 Å². The standard InChI is InChI=1S/C23H22N6O.C20H19N7O.C17H16BrN5O/c1-15(2)29-14-21(22(28-29)19-7-4-5-10-25-19)27-23(30)20-9-6-8-18(26-20)17-11-16(3)12-24-13-17;1-13(2)27-12-18(19(26-27)16-6-3-4-9-21-16)25-20(28)17-8-5-7-15(24-17)14-10-22-23-11-14;1-11(2)23-10-14(16(22-23)12-6-3-4-9-19-12)21-17(24)13-7-5-8-15(18)20-13/h4-15H,1-3H3,(H,27,30);3-13H,1-2H3,(H,22,23)(H,25,28);3-11H,1-2H3,(H,21,24). The summed E-state index contributed by atoms with van der Waals surface area (Å²) in [6.07, 6.45) is 17.5. The van der Waals surface area contributed by atoms with Crippen molar-refractivity contribution in [2.75, 3.05) is 16.0 Å². The van der Waals surface area contributed by atoms with Crippen molar-refractivity contribution in [2.45, 2.75) is 66.6 Å². The van der Waals surface area contributed by atoms with E-state index in [2.05, 4.69) is 92.3 Å². The molecule has 11 aromatic heterocycles. The molecule has 0 aliphatic carbocycles. The molecule has 0 saturated heterocycles. The SMILES string of the molecule is CC(C)n1cc(NC(=O)c2cccc(-c3cn[nH]c3)n2)c(-c2ccccn2)n1.CC(C)n1cc(NC(=O)c2cccc(Br)n2)c(-c2ccccn2)n1.Cc1cncc(-c2cccc(C(=O)Nc3cn(C(C)C)nc3-c3ccccn3)n2)c1. The van der Waals surface area contributed by atoms with Gasteiger partial charge in [0, 0.05) is 85.0 Å². The summed E-state index contributed by atoms with van der Waals surface area (Å²) in [7, 11) is 0. The third-order valence-electron chi connectivity index (χ3n) is 12.1. The highest BCUT2D eigenvalue weighted by atomic mass is 79.9. The Balaban J connectivity index is 0.000000149. The number of pyridine rings is 7. The normalized spacial score (nSPS) is 10.9. The molecule has 0 aliphatic heterocycles. The smallest absolute Gasteiger partial charge is 0.274 e. The molecule has 0 saturated carbocycles. The molecule has 3 amide bonds. The third-order valence-corrected chi connectivity index (χ3v) is 12.6. The van der Waals surface area contributed by atoms with Crippen molar-refractivity contribution < 1.29 is 14.4 Å². The van der Waals surface area contributed by atoms with Gasteiger partial charge in [-0.2, -0.15) is 20.4 Å². The van der Waals surface area contributed by atoms with Gasteiger partial charge in [-0.1, -0.05) is 36.4 Å².